The van der Waals surface area contributed by atoms with Crippen molar-refractivity contribution in [3.63, 3.8) is 0 Å². The lowest BCUT2D eigenvalue weighted by atomic mass is 10.4. The lowest BCUT2D eigenvalue weighted by molar-refractivity contribution is -0.113. The van der Waals surface area contributed by atoms with Gasteiger partial charge in [-0.05, 0) is 0 Å². The van der Waals surface area contributed by atoms with Crippen LogP contribution in [0.2, 0.25) is 0 Å². The molecule has 0 saturated heterocycles. The van der Waals surface area contributed by atoms with Gasteiger partial charge in [-0.15, -0.1) is 0 Å². The van der Waals surface area contributed by atoms with E-state index in [0.29, 0.717) is 0 Å². The molecule has 2 N–H and O–H groups in total. The van der Waals surface area contributed by atoms with Crippen molar-refractivity contribution in [2.75, 3.05) is 0 Å². The molecule has 3 nitrogen and oxygen atoms in total. The van der Waals surface area contributed by atoms with E-state index in [2.05, 4.69) is 36.4 Å². The highest BCUT2D eigenvalue weighted by Crippen LogP contribution is 2.46. The first-order chi connectivity index (χ1) is 12.2. The topological polar surface area (TPSA) is 55.5 Å². The van der Waals surface area contributed by atoms with Crippen LogP contribution in [-0.4, -0.2) is 5.91 Å². The van der Waals surface area contributed by atoms with Crippen molar-refractivity contribution in [1.82, 2.24) is 0 Å². The van der Waals surface area contributed by atoms with Crippen molar-refractivity contribution in [2.24, 2.45) is 10.5 Å². The number of nitrogens with two attached hydrogens (primary N) is 1. The minimum Gasteiger partial charge on any atom is -0.366 e. The number of primary amides is 1. The van der Waals surface area contributed by atoms with Gasteiger partial charge < -0.3 is 5.73 Å². The first-order valence-corrected chi connectivity index (χ1v) is 9.72. The Morgan fingerprint density at radius 2 is 1.08 bits per heavy atom. The van der Waals surface area contributed by atoms with Gasteiger partial charge in [-0.3, -0.25) is 9.54 Å². The molecule has 3 aromatic rings. The Kier molecular flexibility index (Phi) is 5.27. The van der Waals surface area contributed by atoms with Crippen LogP contribution in [0.15, 0.2) is 108 Å². The summed E-state index contributed by atoms with van der Waals surface area (Å²) in [7, 11) is -2.28. The van der Waals surface area contributed by atoms with E-state index in [0.717, 1.165) is 15.9 Å². The summed E-state index contributed by atoms with van der Waals surface area (Å²) >= 11 is 0. The van der Waals surface area contributed by atoms with Gasteiger partial charge in [0.2, 0.25) is 5.91 Å². The number of nitrogens with zero attached hydrogens (tertiary/aromatic N) is 1. The SMILES string of the molecule is NC(=O)/C=C\N=P(c1ccccc1)(c1ccccc1)c1ccccc1. The molecule has 0 aliphatic carbocycles. The highest BCUT2D eigenvalue weighted by atomic mass is 31.2. The van der Waals surface area contributed by atoms with Gasteiger partial charge in [-0.1, -0.05) is 91.0 Å². The highest BCUT2D eigenvalue weighted by molar-refractivity contribution is 7.87. The third-order valence-corrected chi connectivity index (χ3v) is 7.48. The molecule has 0 saturated carbocycles. The van der Waals surface area contributed by atoms with Gasteiger partial charge >= 0.3 is 0 Å². The van der Waals surface area contributed by atoms with Crippen LogP contribution < -0.4 is 21.6 Å². The van der Waals surface area contributed by atoms with Crippen LogP contribution in [0.4, 0.5) is 0 Å². The molecule has 0 spiro atoms. The van der Waals surface area contributed by atoms with Gasteiger partial charge in [0.05, 0.1) is 7.05 Å². The van der Waals surface area contributed by atoms with Crippen LogP contribution >= 0.6 is 7.05 Å². The second-order valence-corrected chi connectivity index (χ2v) is 8.53. The summed E-state index contributed by atoms with van der Waals surface area (Å²) in [4.78, 5) is 11.2. The van der Waals surface area contributed by atoms with E-state index in [1.807, 2.05) is 54.6 Å². The van der Waals surface area contributed by atoms with Gasteiger partial charge in [-0.25, -0.2) is 0 Å². The van der Waals surface area contributed by atoms with Crippen molar-refractivity contribution in [3.05, 3.63) is 103 Å². The predicted molar refractivity (Wildman–Crippen MR) is 106 cm³/mol. The van der Waals surface area contributed by atoms with Crippen LogP contribution in [0.3, 0.4) is 0 Å². The third-order valence-electron chi connectivity index (χ3n) is 3.87. The molecule has 0 atom stereocenters. The maximum absolute atomic E-state index is 11.2. The molecule has 0 aromatic heterocycles. The Balaban J connectivity index is 2.38. The van der Waals surface area contributed by atoms with E-state index in [-0.39, 0.29) is 0 Å². The third kappa shape index (κ3) is 3.62. The zero-order chi connectivity index (χ0) is 17.5. The number of carbonyl (C=O) groups excluding carboxylic acids is 1. The van der Waals surface area contributed by atoms with Crippen molar-refractivity contribution in [3.8, 4) is 0 Å². The fraction of sp³-hybridized carbons (Fsp3) is 0. The van der Waals surface area contributed by atoms with Crippen molar-refractivity contribution in [2.45, 2.75) is 0 Å². The van der Waals surface area contributed by atoms with E-state index in [1.165, 1.54) is 6.08 Å². The molecular weight excluding hydrogens is 327 g/mol. The number of hydrogen-bond donors (Lipinski definition) is 1. The summed E-state index contributed by atoms with van der Waals surface area (Å²) in [5, 5.41) is 3.38. The second kappa shape index (κ2) is 7.78. The molecule has 1 amide bonds. The summed E-state index contributed by atoms with van der Waals surface area (Å²) in [6.45, 7) is 0. The molecule has 3 rings (SSSR count). The Hall–Kier alpha value is -2.90. The fourth-order valence-corrected chi connectivity index (χ4v) is 6.16. The van der Waals surface area contributed by atoms with Gasteiger partial charge in [0.25, 0.3) is 0 Å². The monoisotopic (exact) mass is 346 g/mol. The van der Waals surface area contributed by atoms with E-state index in [1.54, 1.807) is 6.20 Å². The first-order valence-electron chi connectivity index (χ1n) is 7.98. The van der Waals surface area contributed by atoms with Gasteiger partial charge in [0, 0.05) is 28.2 Å². The van der Waals surface area contributed by atoms with Gasteiger partial charge in [-0.2, -0.15) is 0 Å². The zero-order valence-electron chi connectivity index (χ0n) is 13.7. The summed E-state index contributed by atoms with van der Waals surface area (Å²) in [5.74, 6) is -0.504. The minimum atomic E-state index is -2.28. The molecule has 3 aromatic carbocycles. The van der Waals surface area contributed by atoms with E-state index >= 15 is 0 Å². The van der Waals surface area contributed by atoms with E-state index < -0.39 is 13.0 Å². The van der Waals surface area contributed by atoms with Crippen LogP contribution in [-0.2, 0) is 4.79 Å². The van der Waals surface area contributed by atoms with Crippen LogP contribution in [0.5, 0.6) is 0 Å². The Morgan fingerprint density at radius 3 is 1.40 bits per heavy atom. The molecular formula is C21H19N2OP. The van der Waals surface area contributed by atoms with Crippen LogP contribution in [0.1, 0.15) is 0 Å². The summed E-state index contributed by atoms with van der Waals surface area (Å²) in [5.41, 5.74) is 5.26. The Morgan fingerprint density at radius 1 is 0.720 bits per heavy atom. The van der Waals surface area contributed by atoms with Crippen LogP contribution in [0.25, 0.3) is 0 Å². The fourth-order valence-electron chi connectivity index (χ4n) is 2.79. The number of carbonyl (C=O) groups is 1. The summed E-state index contributed by atoms with van der Waals surface area (Å²) < 4.78 is 4.94. The smallest absolute Gasteiger partial charge is 0.242 e. The maximum Gasteiger partial charge on any atom is 0.242 e. The molecule has 4 heteroatoms. The average molecular weight is 346 g/mol. The molecule has 124 valence electrons. The van der Waals surface area contributed by atoms with E-state index in [4.69, 9.17) is 10.5 Å². The Bertz CT molecular complexity index is 816. The number of hydrogen-bond acceptors (Lipinski definition) is 2. The van der Waals surface area contributed by atoms with E-state index in [9.17, 15) is 4.79 Å². The predicted octanol–water partition coefficient (Wildman–Crippen LogP) is 3.16. The number of benzene rings is 3. The lowest BCUT2D eigenvalue weighted by Crippen LogP contribution is -2.25. The molecule has 0 heterocycles. The lowest BCUT2D eigenvalue weighted by Gasteiger charge is -2.26. The molecule has 0 aliphatic rings. The molecule has 0 unspecified atom stereocenters. The zero-order valence-corrected chi connectivity index (χ0v) is 14.6. The molecule has 0 radical (unpaired) electrons. The molecule has 0 aliphatic heterocycles. The largest absolute Gasteiger partial charge is 0.366 e. The summed E-state index contributed by atoms with van der Waals surface area (Å²) in [6.07, 6.45) is 2.85. The standard InChI is InChI=1S/C21H19N2OP/c22-21(24)16-17-23-25(18-10-4-1-5-11-18,19-12-6-2-7-13-19)20-14-8-3-9-15-20/h1-17H,(H2,22,24)/b17-16-. The number of rotatable bonds is 5. The molecule has 0 fully saturated rings. The van der Waals surface area contributed by atoms with Crippen molar-refractivity contribution >= 4 is 28.9 Å². The second-order valence-electron chi connectivity index (χ2n) is 5.48. The van der Waals surface area contributed by atoms with Gasteiger partial charge in [0.1, 0.15) is 0 Å². The van der Waals surface area contributed by atoms with Crippen molar-refractivity contribution < 1.29 is 4.79 Å². The normalized spacial score (nSPS) is 11.4. The first kappa shape index (κ1) is 16.9. The molecule has 25 heavy (non-hydrogen) atoms. The summed E-state index contributed by atoms with van der Waals surface area (Å²) in [6, 6.07) is 30.6. The molecule has 0 bridgehead atoms. The van der Waals surface area contributed by atoms with Crippen LogP contribution in [0, 0.1) is 0 Å². The Labute approximate surface area is 147 Å². The van der Waals surface area contributed by atoms with Gasteiger partial charge in [0.15, 0.2) is 0 Å². The average Bonchev–Trinajstić information content (AvgIpc) is 2.67. The van der Waals surface area contributed by atoms with Crippen molar-refractivity contribution in [1.29, 1.82) is 0 Å². The minimum absolute atomic E-state index is 0.504. The highest BCUT2D eigenvalue weighted by Gasteiger charge is 2.26. The quantitative estimate of drug-likeness (QED) is 0.560. The maximum atomic E-state index is 11.2. The number of amides is 1.